The molecule has 0 radical (unpaired) electrons. The Morgan fingerprint density at radius 1 is 1.00 bits per heavy atom. The van der Waals surface area contributed by atoms with E-state index in [4.69, 9.17) is 16.3 Å². The predicted molar refractivity (Wildman–Crippen MR) is 77.8 cm³/mol. The van der Waals surface area contributed by atoms with Crippen LogP contribution in [-0.2, 0) is 5.60 Å². The van der Waals surface area contributed by atoms with Crippen LogP contribution in [0.2, 0.25) is 0 Å². The summed E-state index contributed by atoms with van der Waals surface area (Å²) < 4.78 is 5.14. The van der Waals surface area contributed by atoms with Gasteiger partial charge in [-0.1, -0.05) is 42.5 Å². The first kappa shape index (κ1) is 13.9. The van der Waals surface area contributed by atoms with Crippen LogP contribution in [0, 0.1) is 0 Å². The van der Waals surface area contributed by atoms with Crippen LogP contribution in [0.15, 0.2) is 54.6 Å². The average molecular weight is 277 g/mol. The van der Waals surface area contributed by atoms with Gasteiger partial charge in [-0.3, -0.25) is 0 Å². The Hall–Kier alpha value is -1.51. The van der Waals surface area contributed by atoms with Crippen molar-refractivity contribution in [1.82, 2.24) is 0 Å². The van der Waals surface area contributed by atoms with Gasteiger partial charge in [-0.25, -0.2) is 0 Å². The molecule has 19 heavy (non-hydrogen) atoms. The van der Waals surface area contributed by atoms with E-state index in [-0.39, 0.29) is 0 Å². The first-order chi connectivity index (χ1) is 9.20. The third-order valence-corrected chi connectivity index (χ3v) is 3.46. The maximum Gasteiger partial charge on any atom is 0.118 e. The molecule has 0 fully saturated rings. The van der Waals surface area contributed by atoms with E-state index in [0.717, 1.165) is 16.9 Å². The van der Waals surface area contributed by atoms with Gasteiger partial charge in [-0.2, -0.15) is 0 Å². The van der Waals surface area contributed by atoms with Gasteiger partial charge in [0.1, 0.15) is 11.4 Å². The Labute approximate surface area is 118 Å². The molecule has 1 unspecified atom stereocenters. The normalized spacial score (nSPS) is 13.8. The second kappa shape index (κ2) is 6.09. The Morgan fingerprint density at radius 3 is 2.11 bits per heavy atom. The van der Waals surface area contributed by atoms with Crippen molar-refractivity contribution in [3.05, 3.63) is 65.7 Å². The molecule has 1 N–H and O–H groups in total. The van der Waals surface area contributed by atoms with Crippen molar-refractivity contribution in [3.63, 3.8) is 0 Å². The van der Waals surface area contributed by atoms with Gasteiger partial charge in [0.15, 0.2) is 0 Å². The maximum absolute atomic E-state index is 11.0. The van der Waals surface area contributed by atoms with Gasteiger partial charge in [0, 0.05) is 5.88 Å². The zero-order valence-electron chi connectivity index (χ0n) is 10.8. The molecule has 100 valence electrons. The van der Waals surface area contributed by atoms with Gasteiger partial charge in [0.2, 0.25) is 0 Å². The molecule has 0 saturated carbocycles. The van der Waals surface area contributed by atoms with Crippen molar-refractivity contribution in [2.45, 2.75) is 12.0 Å². The van der Waals surface area contributed by atoms with E-state index in [1.807, 2.05) is 54.6 Å². The van der Waals surface area contributed by atoms with Gasteiger partial charge in [0.25, 0.3) is 0 Å². The van der Waals surface area contributed by atoms with Gasteiger partial charge >= 0.3 is 0 Å². The van der Waals surface area contributed by atoms with Crippen LogP contribution in [-0.4, -0.2) is 18.1 Å². The number of halogens is 1. The summed E-state index contributed by atoms with van der Waals surface area (Å²) in [7, 11) is 1.62. The Bertz CT molecular complexity index is 510. The number of alkyl halides is 1. The van der Waals surface area contributed by atoms with Crippen molar-refractivity contribution in [3.8, 4) is 5.75 Å². The summed E-state index contributed by atoms with van der Waals surface area (Å²) in [6.45, 7) is 0. The Morgan fingerprint density at radius 2 is 1.58 bits per heavy atom. The topological polar surface area (TPSA) is 29.5 Å². The molecular weight excluding hydrogens is 260 g/mol. The molecule has 0 aromatic heterocycles. The van der Waals surface area contributed by atoms with Gasteiger partial charge < -0.3 is 9.84 Å². The highest BCUT2D eigenvalue weighted by molar-refractivity contribution is 6.17. The monoisotopic (exact) mass is 276 g/mol. The number of benzene rings is 2. The molecule has 0 aliphatic rings. The van der Waals surface area contributed by atoms with Crippen LogP contribution in [0.1, 0.15) is 17.5 Å². The maximum atomic E-state index is 11.0. The number of rotatable bonds is 5. The molecule has 0 spiro atoms. The second-order valence-corrected chi connectivity index (χ2v) is 4.77. The lowest BCUT2D eigenvalue weighted by atomic mass is 9.84. The highest BCUT2D eigenvalue weighted by Crippen LogP contribution is 2.34. The lowest BCUT2D eigenvalue weighted by Gasteiger charge is -2.28. The number of ether oxygens (including phenoxy) is 1. The third-order valence-electron chi connectivity index (χ3n) is 3.28. The minimum absolute atomic E-state index is 0.386. The molecule has 3 heteroatoms. The van der Waals surface area contributed by atoms with Gasteiger partial charge in [0.05, 0.1) is 7.11 Å². The van der Waals surface area contributed by atoms with Crippen LogP contribution in [0.4, 0.5) is 0 Å². The SMILES string of the molecule is COc1ccc(C(O)(CCCl)c2ccccc2)cc1. The van der Waals surface area contributed by atoms with Crippen LogP contribution < -0.4 is 4.74 Å². The standard InChI is InChI=1S/C16H17ClO2/c1-19-15-9-7-14(8-10-15)16(18,11-12-17)13-5-3-2-4-6-13/h2-10,18H,11-12H2,1H3. The average Bonchev–Trinajstić information content (AvgIpc) is 2.48. The number of methoxy groups -OCH3 is 1. The summed E-state index contributed by atoms with van der Waals surface area (Å²) in [5.74, 6) is 1.15. The zero-order chi connectivity index (χ0) is 13.7. The Kier molecular flexibility index (Phi) is 4.46. The van der Waals surface area contributed by atoms with E-state index in [9.17, 15) is 5.11 Å². The molecule has 0 saturated heterocycles. The minimum Gasteiger partial charge on any atom is -0.497 e. The summed E-state index contributed by atoms with van der Waals surface area (Å²) in [5.41, 5.74) is 0.607. The van der Waals surface area contributed by atoms with Crippen molar-refractivity contribution in [1.29, 1.82) is 0 Å². The van der Waals surface area contributed by atoms with Crippen LogP contribution in [0.3, 0.4) is 0 Å². The summed E-state index contributed by atoms with van der Waals surface area (Å²) in [6.07, 6.45) is 0.463. The van der Waals surface area contributed by atoms with Crippen LogP contribution in [0.5, 0.6) is 5.75 Å². The number of hydrogen-bond donors (Lipinski definition) is 1. The second-order valence-electron chi connectivity index (χ2n) is 4.39. The third kappa shape index (κ3) is 2.91. The fourth-order valence-electron chi connectivity index (χ4n) is 2.17. The van der Waals surface area contributed by atoms with Crippen molar-refractivity contribution in [2.75, 3.05) is 13.0 Å². The molecule has 2 aromatic carbocycles. The van der Waals surface area contributed by atoms with Crippen LogP contribution in [0.25, 0.3) is 0 Å². The van der Waals surface area contributed by atoms with Gasteiger partial charge in [-0.05, 0) is 29.7 Å². The first-order valence-corrected chi connectivity index (χ1v) is 6.72. The molecule has 1 atom stereocenters. The van der Waals surface area contributed by atoms with E-state index >= 15 is 0 Å². The molecule has 0 aliphatic heterocycles. The fraction of sp³-hybridized carbons (Fsp3) is 0.250. The summed E-state index contributed by atoms with van der Waals surface area (Å²) >= 11 is 5.86. The number of hydrogen-bond acceptors (Lipinski definition) is 2. The van der Waals surface area contributed by atoms with Crippen molar-refractivity contribution < 1.29 is 9.84 Å². The smallest absolute Gasteiger partial charge is 0.118 e. The molecule has 2 nitrogen and oxygen atoms in total. The van der Waals surface area contributed by atoms with E-state index in [0.29, 0.717) is 12.3 Å². The molecule has 0 heterocycles. The van der Waals surface area contributed by atoms with E-state index < -0.39 is 5.60 Å². The van der Waals surface area contributed by atoms with E-state index in [2.05, 4.69) is 0 Å². The summed E-state index contributed by atoms with van der Waals surface area (Å²) in [5, 5.41) is 11.0. The lowest BCUT2D eigenvalue weighted by Crippen LogP contribution is -2.27. The highest BCUT2D eigenvalue weighted by atomic mass is 35.5. The van der Waals surface area contributed by atoms with E-state index in [1.54, 1.807) is 7.11 Å². The van der Waals surface area contributed by atoms with Gasteiger partial charge in [-0.15, -0.1) is 11.6 Å². The van der Waals surface area contributed by atoms with Crippen molar-refractivity contribution in [2.24, 2.45) is 0 Å². The number of aliphatic hydroxyl groups is 1. The van der Waals surface area contributed by atoms with E-state index in [1.165, 1.54) is 0 Å². The fourth-order valence-corrected chi connectivity index (χ4v) is 2.45. The van der Waals surface area contributed by atoms with Crippen molar-refractivity contribution >= 4 is 11.6 Å². The Balaban J connectivity index is 2.43. The van der Waals surface area contributed by atoms with Crippen LogP contribution >= 0.6 is 11.6 Å². The minimum atomic E-state index is -1.06. The zero-order valence-corrected chi connectivity index (χ0v) is 11.6. The molecule has 2 rings (SSSR count). The lowest BCUT2D eigenvalue weighted by molar-refractivity contribution is 0.0774. The quantitative estimate of drug-likeness (QED) is 0.846. The summed E-state index contributed by atoms with van der Waals surface area (Å²) in [6, 6.07) is 17.0. The summed E-state index contributed by atoms with van der Waals surface area (Å²) in [4.78, 5) is 0. The molecule has 2 aromatic rings. The predicted octanol–water partition coefficient (Wildman–Crippen LogP) is 3.56. The molecule has 0 bridgehead atoms. The molecule has 0 amide bonds. The largest absolute Gasteiger partial charge is 0.497 e. The first-order valence-electron chi connectivity index (χ1n) is 6.19. The highest BCUT2D eigenvalue weighted by Gasteiger charge is 2.30. The molecular formula is C16H17ClO2. The molecule has 0 aliphatic carbocycles.